The molecule has 1 aromatic heterocycles. The first kappa shape index (κ1) is 15.7. The highest BCUT2D eigenvalue weighted by atomic mass is 16.5. The van der Waals surface area contributed by atoms with E-state index in [9.17, 15) is 9.59 Å². The van der Waals surface area contributed by atoms with Crippen molar-refractivity contribution in [3.63, 3.8) is 0 Å². The Hall–Kier alpha value is -1.82. The largest absolute Gasteiger partial charge is 0.379 e. The van der Waals surface area contributed by atoms with Crippen LogP contribution >= 0.6 is 0 Å². The molecule has 6 heteroatoms. The molecule has 2 amide bonds. The highest BCUT2D eigenvalue weighted by Crippen LogP contribution is 2.31. The second kappa shape index (κ2) is 5.92. The Bertz CT molecular complexity index is 671. The van der Waals surface area contributed by atoms with E-state index in [0.717, 1.165) is 49.2 Å². The van der Waals surface area contributed by atoms with E-state index in [4.69, 9.17) is 4.74 Å². The molecule has 1 atom stereocenters. The summed E-state index contributed by atoms with van der Waals surface area (Å²) >= 11 is 0. The summed E-state index contributed by atoms with van der Waals surface area (Å²) in [7, 11) is 0. The molecule has 2 aliphatic heterocycles. The fourth-order valence-corrected chi connectivity index (χ4v) is 4.06. The Balaban J connectivity index is 1.55. The SMILES string of the molecule is Cc1cc(C(=O)N2CC(=O)N(C3CC3)C2)c(C)n1C1CCCOC1. The van der Waals surface area contributed by atoms with Crippen LogP contribution in [0.3, 0.4) is 0 Å². The lowest BCUT2D eigenvalue weighted by Gasteiger charge is -2.26. The summed E-state index contributed by atoms with van der Waals surface area (Å²) in [5.74, 6) is 0.0583. The molecule has 24 heavy (non-hydrogen) atoms. The third-order valence-corrected chi connectivity index (χ3v) is 5.46. The quantitative estimate of drug-likeness (QED) is 0.849. The number of aromatic nitrogens is 1. The van der Waals surface area contributed by atoms with Gasteiger partial charge >= 0.3 is 0 Å². The topological polar surface area (TPSA) is 54.8 Å². The maximum absolute atomic E-state index is 13.0. The van der Waals surface area contributed by atoms with Crippen molar-refractivity contribution in [3.05, 3.63) is 23.0 Å². The van der Waals surface area contributed by atoms with Crippen molar-refractivity contribution in [2.24, 2.45) is 0 Å². The summed E-state index contributed by atoms with van der Waals surface area (Å²) in [6, 6.07) is 2.64. The minimum absolute atomic E-state index is 0.0254. The second-order valence-corrected chi connectivity index (χ2v) is 7.26. The predicted octanol–water partition coefficient (Wildman–Crippen LogP) is 1.86. The highest BCUT2D eigenvalue weighted by molar-refractivity contribution is 5.99. The molecule has 130 valence electrons. The Morgan fingerprint density at radius 1 is 1.21 bits per heavy atom. The van der Waals surface area contributed by atoms with E-state index in [0.29, 0.717) is 25.4 Å². The molecule has 6 nitrogen and oxygen atoms in total. The zero-order valence-corrected chi connectivity index (χ0v) is 14.5. The smallest absolute Gasteiger partial charge is 0.257 e. The number of ether oxygens (including phenoxy) is 1. The molecule has 0 aromatic carbocycles. The zero-order valence-electron chi connectivity index (χ0n) is 14.5. The van der Waals surface area contributed by atoms with E-state index >= 15 is 0 Å². The molecule has 3 heterocycles. The molecule has 0 N–H and O–H groups in total. The van der Waals surface area contributed by atoms with Gasteiger partial charge in [-0.2, -0.15) is 0 Å². The normalized spacial score (nSPS) is 24.8. The van der Waals surface area contributed by atoms with Gasteiger partial charge in [-0.3, -0.25) is 9.59 Å². The summed E-state index contributed by atoms with van der Waals surface area (Å²) in [5.41, 5.74) is 2.81. The average Bonchev–Trinajstić information content (AvgIpc) is 3.28. The van der Waals surface area contributed by atoms with Crippen LogP contribution in [0.25, 0.3) is 0 Å². The predicted molar refractivity (Wildman–Crippen MR) is 88.8 cm³/mol. The number of hydrogen-bond acceptors (Lipinski definition) is 3. The van der Waals surface area contributed by atoms with Crippen LogP contribution in [0, 0.1) is 13.8 Å². The lowest BCUT2D eigenvalue weighted by atomic mass is 10.1. The number of carbonyl (C=O) groups is 2. The van der Waals surface area contributed by atoms with Crippen LogP contribution < -0.4 is 0 Å². The van der Waals surface area contributed by atoms with E-state index in [1.165, 1.54) is 0 Å². The van der Waals surface area contributed by atoms with Gasteiger partial charge in [0.25, 0.3) is 5.91 Å². The van der Waals surface area contributed by atoms with E-state index in [-0.39, 0.29) is 18.4 Å². The lowest BCUT2D eigenvalue weighted by molar-refractivity contribution is -0.127. The first-order valence-corrected chi connectivity index (χ1v) is 8.91. The number of nitrogens with zero attached hydrogens (tertiary/aromatic N) is 3. The summed E-state index contributed by atoms with van der Waals surface area (Å²) < 4.78 is 7.85. The number of carbonyl (C=O) groups excluding carboxylic acids is 2. The fraction of sp³-hybridized carbons (Fsp3) is 0.667. The van der Waals surface area contributed by atoms with Crippen molar-refractivity contribution in [1.82, 2.24) is 14.4 Å². The summed E-state index contributed by atoms with van der Waals surface area (Å²) in [6.45, 7) is 6.25. The number of aryl methyl sites for hydroxylation is 1. The van der Waals surface area contributed by atoms with Gasteiger partial charge in [-0.25, -0.2) is 0 Å². The van der Waals surface area contributed by atoms with Gasteiger partial charge in [-0.05, 0) is 45.6 Å². The minimum atomic E-state index is -0.0254. The van der Waals surface area contributed by atoms with Crippen molar-refractivity contribution in [1.29, 1.82) is 0 Å². The van der Waals surface area contributed by atoms with Crippen molar-refractivity contribution >= 4 is 11.8 Å². The Morgan fingerprint density at radius 2 is 2.00 bits per heavy atom. The van der Waals surface area contributed by atoms with Crippen LogP contribution in [-0.2, 0) is 9.53 Å². The number of rotatable bonds is 3. The van der Waals surface area contributed by atoms with Crippen molar-refractivity contribution in [2.75, 3.05) is 26.4 Å². The molecule has 1 saturated carbocycles. The van der Waals surface area contributed by atoms with Crippen LogP contribution in [0.2, 0.25) is 0 Å². The third kappa shape index (κ3) is 2.62. The van der Waals surface area contributed by atoms with Crippen molar-refractivity contribution in [3.8, 4) is 0 Å². The molecule has 4 rings (SSSR count). The van der Waals surface area contributed by atoms with E-state index in [2.05, 4.69) is 4.57 Å². The second-order valence-electron chi connectivity index (χ2n) is 7.26. The number of hydrogen-bond donors (Lipinski definition) is 0. The van der Waals surface area contributed by atoms with Gasteiger partial charge < -0.3 is 19.1 Å². The van der Waals surface area contributed by atoms with E-state index in [1.54, 1.807) is 4.90 Å². The Labute approximate surface area is 142 Å². The van der Waals surface area contributed by atoms with Gasteiger partial charge in [0.05, 0.1) is 24.9 Å². The standard InChI is InChI=1S/C18H25N3O3/c1-12-8-16(13(2)21(12)15-4-3-7-24-10-15)18(23)19-9-17(22)20(11-19)14-5-6-14/h8,14-15H,3-7,9-11H2,1-2H3. The average molecular weight is 331 g/mol. The fourth-order valence-electron chi connectivity index (χ4n) is 4.06. The number of amides is 2. The molecule has 2 saturated heterocycles. The van der Waals surface area contributed by atoms with Gasteiger partial charge in [0.1, 0.15) is 6.54 Å². The molecule has 3 aliphatic rings. The molecule has 0 radical (unpaired) electrons. The van der Waals surface area contributed by atoms with Crippen molar-refractivity contribution in [2.45, 2.75) is 51.6 Å². The van der Waals surface area contributed by atoms with Gasteiger partial charge in [0, 0.05) is 24.0 Å². The van der Waals surface area contributed by atoms with E-state index < -0.39 is 0 Å². The first-order valence-electron chi connectivity index (χ1n) is 8.91. The summed E-state index contributed by atoms with van der Waals surface area (Å²) in [6.07, 6.45) is 4.29. The summed E-state index contributed by atoms with van der Waals surface area (Å²) in [5, 5.41) is 0. The van der Waals surface area contributed by atoms with Crippen LogP contribution in [0.4, 0.5) is 0 Å². The van der Waals surface area contributed by atoms with E-state index in [1.807, 2.05) is 24.8 Å². The Kier molecular flexibility index (Phi) is 3.87. The van der Waals surface area contributed by atoms with Crippen LogP contribution in [0.1, 0.15) is 53.5 Å². The Morgan fingerprint density at radius 3 is 2.67 bits per heavy atom. The van der Waals surface area contributed by atoms with Gasteiger partial charge in [0.15, 0.2) is 0 Å². The molecular weight excluding hydrogens is 306 g/mol. The zero-order chi connectivity index (χ0) is 16.8. The third-order valence-electron chi connectivity index (χ3n) is 5.46. The maximum Gasteiger partial charge on any atom is 0.257 e. The maximum atomic E-state index is 13.0. The van der Waals surface area contributed by atoms with Gasteiger partial charge in [-0.1, -0.05) is 0 Å². The minimum Gasteiger partial charge on any atom is -0.379 e. The van der Waals surface area contributed by atoms with Gasteiger partial charge in [-0.15, -0.1) is 0 Å². The summed E-state index contributed by atoms with van der Waals surface area (Å²) in [4.78, 5) is 28.6. The first-order chi connectivity index (χ1) is 11.6. The molecular formula is C18H25N3O3. The molecule has 1 unspecified atom stereocenters. The monoisotopic (exact) mass is 331 g/mol. The molecule has 0 bridgehead atoms. The van der Waals surface area contributed by atoms with Crippen molar-refractivity contribution < 1.29 is 14.3 Å². The van der Waals surface area contributed by atoms with Crippen LogP contribution in [0.5, 0.6) is 0 Å². The van der Waals surface area contributed by atoms with Gasteiger partial charge in [0.2, 0.25) is 5.91 Å². The molecule has 1 aliphatic carbocycles. The van der Waals surface area contributed by atoms with Crippen LogP contribution in [-0.4, -0.2) is 58.7 Å². The molecule has 3 fully saturated rings. The highest BCUT2D eigenvalue weighted by Gasteiger charge is 2.40. The molecule has 0 spiro atoms. The van der Waals surface area contributed by atoms with Crippen LogP contribution in [0.15, 0.2) is 6.07 Å². The lowest BCUT2D eigenvalue weighted by Crippen LogP contribution is -2.32. The molecule has 1 aromatic rings.